The molecule has 0 unspecified atom stereocenters. The van der Waals surface area contributed by atoms with Crippen molar-refractivity contribution in [2.24, 2.45) is 0 Å². The lowest BCUT2D eigenvalue weighted by molar-refractivity contribution is 0.0926. The Kier molecular flexibility index (Phi) is 4.60. The maximum absolute atomic E-state index is 11.6. The van der Waals surface area contributed by atoms with Crippen molar-refractivity contribution in [3.8, 4) is 0 Å². The first-order valence-electron chi connectivity index (χ1n) is 6.45. The van der Waals surface area contributed by atoms with Gasteiger partial charge in [0.25, 0.3) is 5.91 Å². The molecule has 0 aliphatic carbocycles. The fourth-order valence-electron chi connectivity index (χ4n) is 1.70. The van der Waals surface area contributed by atoms with Gasteiger partial charge in [-0.1, -0.05) is 0 Å². The molecule has 2 heterocycles. The van der Waals surface area contributed by atoms with Crippen LogP contribution in [0.3, 0.4) is 0 Å². The van der Waals surface area contributed by atoms with E-state index in [4.69, 9.17) is 10.2 Å². The number of furan rings is 1. The monoisotopic (exact) mass is 274 g/mol. The maximum Gasteiger partial charge on any atom is 0.286 e. The Morgan fingerprint density at radius 1 is 1.35 bits per heavy atom. The summed E-state index contributed by atoms with van der Waals surface area (Å²) in [5.74, 6) is 0.799. The summed E-state index contributed by atoms with van der Waals surface area (Å²) >= 11 is 0. The van der Waals surface area contributed by atoms with Crippen LogP contribution in [0.25, 0.3) is 0 Å². The molecule has 1 amide bonds. The lowest BCUT2D eigenvalue weighted by atomic mass is 10.3. The molecule has 0 aliphatic heterocycles. The summed E-state index contributed by atoms with van der Waals surface area (Å²) in [6.45, 7) is 3.14. The number of aryl methyl sites for hydroxylation is 1. The number of nitrogens with two attached hydrogens (primary N) is 1. The molecular weight excluding hydrogens is 256 g/mol. The fourth-order valence-corrected chi connectivity index (χ4v) is 1.70. The summed E-state index contributed by atoms with van der Waals surface area (Å²) in [6, 6.07) is 7.00. The molecule has 0 aromatic carbocycles. The van der Waals surface area contributed by atoms with Gasteiger partial charge in [-0.3, -0.25) is 4.79 Å². The smallest absolute Gasteiger partial charge is 0.286 e. The van der Waals surface area contributed by atoms with E-state index in [1.165, 1.54) is 6.26 Å². The van der Waals surface area contributed by atoms with E-state index < -0.39 is 0 Å². The van der Waals surface area contributed by atoms with Gasteiger partial charge in [0.1, 0.15) is 5.82 Å². The Morgan fingerprint density at radius 2 is 2.20 bits per heavy atom. The van der Waals surface area contributed by atoms with Crippen molar-refractivity contribution in [1.82, 2.24) is 10.3 Å². The quantitative estimate of drug-likeness (QED) is 0.698. The average molecular weight is 274 g/mol. The number of carbonyl (C=O) groups excluding carboxylic acids is 1. The molecule has 2 aromatic rings. The number of nitrogens with zero attached hydrogens (tertiary/aromatic N) is 1. The fraction of sp³-hybridized carbons (Fsp3) is 0.286. The van der Waals surface area contributed by atoms with E-state index in [1.807, 2.05) is 19.1 Å². The first kappa shape index (κ1) is 13.9. The van der Waals surface area contributed by atoms with E-state index in [1.54, 1.807) is 12.1 Å². The molecule has 6 heteroatoms. The predicted octanol–water partition coefficient (Wildman–Crippen LogP) is 1.80. The number of carbonyl (C=O) groups is 1. The van der Waals surface area contributed by atoms with Gasteiger partial charge in [-0.05, 0) is 37.6 Å². The van der Waals surface area contributed by atoms with Crippen molar-refractivity contribution in [2.45, 2.75) is 13.3 Å². The minimum Gasteiger partial charge on any atom is -0.459 e. The van der Waals surface area contributed by atoms with Gasteiger partial charge < -0.3 is 20.8 Å². The van der Waals surface area contributed by atoms with Crippen LogP contribution in [-0.2, 0) is 0 Å². The van der Waals surface area contributed by atoms with Crippen LogP contribution in [0.2, 0.25) is 0 Å². The SMILES string of the molecule is Cc1ccc(N)c(NCCCNC(=O)c2ccco2)n1. The summed E-state index contributed by atoms with van der Waals surface area (Å²) in [5.41, 5.74) is 7.34. The Morgan fingerprint density at radius 3 is 2.95 bits per heavy atom. The van der Waals surface area contributed by atoms with Gasteiger partial charge in [0.2, 0.25) is 0 Å². The second kappa shape index (κ2) is 6.60. The van der Waals surface area contributed by atoms with Gasteiger partial charge in [-0.15, -0.1) is 0 Å². The van der Waals surface area contributed by atoms with Crippen molar-refractivity contribution >= 4 is 17.4 Å². The molecule has 0 bridgehead atoms. The van der Waals surface area contributed by atoms with Crippen LogP contribution in [0.4, 0.5) is 11.5 Å². The Bertz CT molecular complexity index is 567. The van der Waals surface area contributed by atoms with E-state index in [0.717, 1.165) is 12.1 Å². The number of hydrogen-bond donors (Lipinski definition) is 3. The highest BCUT2D eigenvalue weighted by Gasteiger charge is 2.06. The molecule has 0 radical (unpaired) electrons. The molecule has 20 heavy (non-hydrogen) atoms. The highest BCUT2D eigenvalue weighted by Crippen LogP contribution is 2.14. The molecule has 0 saturated carbocycles. The lowest BCUT2D eigenvalue weighted by Gasteiger charge is -2.09. The van der Waals surface area contributed by atoms with Gasteiger partial charge in [0, 0.05) is 18.8 Å². The lowest BCUT2D eigenvalue weighted by Crippen LogP contribution is -2.25. The molecule has 0 saturated heterocycles. The summed E-state index contributed by atoms with van der Waals surface area (Å²) in [7, 11) is 0. The summed E-state index contributed by atoms with van der Waals surface area (Å²) < 4.78 is 5.00. The van der Waals surface area contributed by atoms with E-state index >= 15 is 0 Å². The van der Waals surface area contributed by atoms with Gasteiger partial charge >= 0.3 is 0 Å². The minimum absolute atomic E-state index is 0.205. The zero-order chi connectivity index (χ0) is 14.4. The standard InChI is InChI=1S/C14H18N4O2/c1-10-5-6-11(15)13(18-10)16-7-3-8-17-14(19)12-4-2-9-20-12/h2,4-6,9H,3,7-8,15H2,1H3,(H,16,18)(H,17,19). The molecule has 2 rings (SSSR count). The molecule has 2 aromatic heterocycles. The molecule has 0 fully saturated rings. The second-order valence-corrected chi connectivity index (χ2v) is 4.40. The average Bonchev–Trinajstić information content (AvgIpc) is 2.96. The minimum atomic E-state index is -0.205. The number of aromatic nitrogens is 1. The Hall–Kier alpha value is -2.50. The first-order valence-corrected chi connectivity index (χ1v) is 6.45. The topological polar surface area (TPSA) is 93.2 Å². The van der Waals surface area contributed by atoms with Gasteiger partial charge in [-0.25, -0.2) is 4.98 Å². The molecule has 6 nitrogen and oxygen atoms in total. The van der Waals surface area contributed by atoms with Gasteiger partial charge in [-0.2, -0.15) is 0 Å². The van der Waals surface area contributed by atoms with Crippen molar-refractivity contribution in [3.63, 3.8) is 0 Å². The predicted molar refractivity (Wildman–Crippen MR) is 77.5 cm³/mol. The first-order chi connectivity index (χ1) is 9.66. The van der Waals surface area contributed by atoms with Crippen LogP contribution in [0.5, 0.6) is 0 Å². The van der Waals surface area contributed by atoms with E-state index in [0.29, 0.717) is 30.4 Å². The number of amides is 1. The van der Waals surface area contributed by atoms with Crippen LogP contribution in [0.15, 0.2) is 34.9 Å². The number of hydrogen-bond acceptors (Lipinski definition) is 5. The van der Waals surface area contributed by atoms with Gasteiger partial charge in [0.05, 0.1) is 12.0 Å². The third-order valence-electron chi connectivity index (χ3n) is 2.74. The van der Waals surface area contributed by atoms with Crippen LogP contribution >= 0.6 is 0 Å². The Balaban J connectivity index is 1.69. The molecule has 0 spiro atoms. The summed E-state index contributed by atoms with van der Waals surface area (Å²) in [5, 5.41) is 5.92. The molecule has 4 N–H and O–H groups in total. The zero-order valence-corrected chi connectivity index (χ0v) is 11.3. The molecular formula is C14H18N4O2. The maximum atomic E-state index is 11.6. The third kappa shape index (κ3) is 3.74. The van der Waals surface area contributed by atoms with E-state index in [2.05, 4.69) is 15.6 Å². The Labute approximate surface area is 117 Å². The van der Waals surface area contributed by atoms with Gasteiger partial charge in [0.15, 0.2) is 5.76 Å². The van der Waals surface area contributed by atoms with Crippen molar-refractivity contribution in [3.05, 3.63) is 42.0 Å². The van der Waals surface area contributed by atoms with Crippen molar-refractivity contribution < 1.29 is 9.21 Å². The molecule has 0 atom stereocenters. The number of nitrogens with one attached hydrogen (secondary N) is 2. The molecule has 106 valence electrons. The van der Waals surface area contributed by atoms with Crippen LogP contribution < -0.4 is 16.4 Å². The van der Waals surface area contributed by atoms with Crippen LogP contribution in [0.1, 0.15) is 22.7 Å². The normalized spacial score (nSPS) is 10.2. The van der Waals surface area contributed by atoms with E-state index in [9.17, 15) is 4.79 Å². The summed E-state index contributed by atoms with van der Waals surface area (Å²) in [4.78, 5) is 15.9. The highest BCUT2D eigenvalue weighted by atomic mass is 16.3. The van der Waals surface area contributed by atoms with E-state index in [-0.39, 0.29) is 5.91 Å². The highest BCUT2D eigenvalue weighted by molar-refractivity contribution is 5.91. The molecule has 0 aliphatic rings. The number of rotatable bonds is 6. The van der Waals surface area contributed by atoms with Crippen LogP contribution in [-0.4, -0.2) is 24.0 Å². The zero-order valence-electron chi connectivity index (χ0n) is 11.3. The van der Waals surface area contributed by atoms with Crippen molar-refractivity contribution in [1.29, 1.82) is 0 Å². The number of nitrogen functional groups attached to an aromatic ring is 1. The van der Waals surface area contributed by atoms with Crippen LogP contribution in [0, 0.1) is 6.92 Å². The second-order valence-electron chi connectivity index (χ2n) is 4.40. The third-order valence-corrected chi connectivity index (χ3v) is 2.74. The largest absolute Gasteiger partial charge is 0.459 e. The number of anilines is 2. The number of pyridine rings is 1. The van der Waals surface area contributed by atoms with Crippen molar-refractivity contribution in [2.75, 3.05) is 24.1 Å². The summed E-state index contributed by atoms with van der Waals surface area (Å²) in [6.07, 6.45) is 2.24.